The highest BCUT2D eigenvalue weighted by molar-refractivity contribution is 7.89. The fourth-order valence-electron chi connectivity index (χ4n) is 2.48. The number of hydrogen-bond donors (Lipinski definition) is 0. The topological polar surface area (TPSA) is 90.0 Å². The second kappa shape index (κ2) is 7.36. The van der Waals surface area contributed by atoms with Gasteiger partial charge in [0.15, 0.2) is 0 Å². The zero-order valence-corrected chi connectivity index (χ0v) is 15.8. The summed E-state index contributed by atoms with van der Waals surface area (Å²) in [4.78, 5) is -0.0762. The monoisotopic (exact) mass is 397 g/mol. The summed E-state index contributed by atoms with van der Waals surface area (Å²) in [5, 5.41) is 0. The molecule has 2 aromatic rings. The first-order chi connectivity index (χ1) is 12.3. The van der Waals surface area contributed by atoms with E-state index in [1.54, 1.807) is 24.3 Å². The Morgan fingerprint density at radius 2 is 1.38 bits per heavy atom. The van der Waals surface area contributed by atoms with Gasteiger partial charge in [0, 0.05) is 13.1 Å². The van der Waals surface area contributed by atoms with Crippen molar-refractivity contribution in [1.82, 2.24) is 4.31 Å². The van der Waals surface area contributed by atoms with Crippen LogP contribution in [0.5, 0.6) is 5.75 Å². The first-order valence-corrected chi connectivity index (χ1v) is 10.8. The van der Waals surface area contributed by atoms with Crippen LogP contribution in [0.2, 0.25) is 0 Å². The van der Waals surface area contributed by atoms with Crippen molar-refractivity contribution in [3.63, 3.8) is 0 Å². The average molecular weight is 397 g/mol. The molecule has 1 heterocycles. The van der Waals surface area contributed by atoms with Crippen LogP contribution in [0, 0.1) is 6.92 Å². The van der Waals surface area contributed by atoms with Crippen molar-refractivity contribution in [3.05, 3.63) is 54.1 Å². The van der Waals surface area contributed by atoms with Gasteiger partial charge in [-0.25, -0.2) is 8.42 Å². The molecule has 1 aliphatic heterocycles. The van der Waals surface area contributed by atoms with Crippen LogP contribution in [0.4, 0.5) is 0 Å². The fourth-order valence-corrected chi connectivity index (χ4v) is 4.82. The number of rotatable bonds is 5. The van der Waals surface area contributed by atoms with E-state index < -0.39 is 20.1 Å². The Hall–Kier alpha value is -1.94. The smallest absolute Gasteiger partial charge is 0.339 e. The van der Waals surface area contributed by atoms with Crippen LogP contribution in [-0.2, 0) is 24.9 Å². The Labute approximate surface area is 153 Å². The number of nitrogens with zero attached hydrogens (tertiary/aromatic N) is 1. The third kappa shape index (κ3) is 4.07. The van der Waals surface area contributed by atoms with Crippen LogP contribution < -0.4 is 4.18 Å². The van der Waals surface area contributed by atoms with Crippen LogP contribution in [0.3, 0.4) is 0 Å². The molecule has 2 aromatic carbocycles. The number of aryl methyl sites for hydroxylation is 1. The molecule has 3 rings (SSSR count). The lowest BCUT2D eigenvalue weighted by Gasteiger charge is -2.26. The molecular weight excluding hydrogens is 378 g/mol. The highest BCUT2D eigenvalue weighted by Crippen LogP contribution is 2.22. The molecule has 0 saturated carbocycles. The number of morpholine rings is 1. The number of ether oxygens (including phenoxy) is 1. The minimum absolute atomic E-state index is 0.0358. The van der Waals surface area contributed by atoms with E-state index in [0.29, 0.717) is 13.2 Å². The lowest BCUT2D eigenvalue weighted by atomic mass is 10.2. The standard InChI is InChI=1S/C17H19NO6S2/c1-14-2-4-15(5-3-14)24-26(21,22)17-8-6-16(7-9-17)25(19,20)18-10-12-23-13-11-18/h2-9H,10-13H2,1H3. The summed E-state index contributed by atoms with van der Waals surface area (Å²) in [5.41, 5.74) is 0.979. The molecule has 0 spiro atoms. The Balaban J connectivity index is 1.81. The number of hydrogen-bond acceptors (Lipinski definition) is 6. The minimum atomic E-state index is -4.04. The van der Waals surface area contributed by atoms with Gasteiger partial charge in [0.2, 0.25) is 10.0 Å². The zero-order chi connectivity index (χ0) is 18.8. The first-order valence-electron chi connectivity index (χ1n) is 7.98. The molecule has 140 valence electrons. The molecule has 0 bridgehead atoms. The van der Waals surface area contributed by atoms with Gasteiger partial charge in [0.05, 0.1) is 18.1 Å². The third-order valence-electron chi connectivity index (χ3n) is 3.95. The van der Waals surface area contributed by atoms with E-state index in [9.17, 15) is 16.8 Å². The summed E-state index contributed by atoms with van der Waals surface area (Å²) >= 11 is 0. The van der Waals surface area contributed by atoms with E-state index in [-0.39, 0.29) is 28.6 Å². The van der Waals surface area contributed by atoms with Crippen molar-refractivity contribution < 1.29 is 25.8 Å². The van der Waals surface area contributed by atoms with Gasteiger partial charge in [-0.15, -0.1) is 0 Å². The fraction of sp³-hybridized carbons (Fsp3) is 0.294. The van der Waals surface area contributed by atoms with E-state index in [2.05, 4.69) is 0 Å². The summed E-state index contributed by atoms with van der Waals surface area (Å²) in [7, 11) is -7.71. The highest BCUT2D eigenvalue weighted by atomic mass is 32.2. The summed E-state index contributed by atoms with van der Waals surface area (Å²) < 4.78 is 61.4. The van der Waals surface area contributed by atoms with Crippen LogP contribution in [0.1, 0.15) is 5.56 Å². The molecule has 0 aromatic heterocycles. The molecule has 7 nitrogen and oxygen atoms in total. The molecule has 1 aliphatic rings. The second-order valence-corrected chi connectivity index (χ2v) is 9.32. The largest absolute Gasteiger partial charge is 0.379 e. The Bertz CT molecular complexity index is 961. The second-order valence-electron chi connectivity index (χ2n) is 5.84. The molecule has 9 heteroatoms. The Morgan fingerprint density at radius 3 is 1.96 bits per heavy atom. The van der Waals surface area contributed by atoms with E-state index in [4.69, 9.17) is 8.92 Å². The molecule has 1 fully saturated rings. The first kappa shape index (κ1) is 18.8. The predicted molar refractivity (Wildman–Crippen MR) is 95.0 cm³/mol. The minimum Gasteiger partial charge on any atom is -0.379 e. The Kier molecular flexibility index (Phi) is 5.33. The molecule has 0 aliphatic carbocycles. The van der Waals surface area contributed by atoms with Crippen molar-refractivity contribution in [2.24, 2.45) is 0 Å². The summed E-state index contributed by atoms with van der Waals surface area (Å²) in [6.07, 6.45) is 0. The van der Waals surface area contributed by atoms with E-state index >= 15 is 0 Å². The van der Waals surface area contributed by atoms with Gasteiger partial charge in [-0.05, 0) is 43.3 Å². The van der Waals surface area contributed by atoms with Crippen molar-refractivity contribution in [2.45, 2.75) is 16.7 Å². The van der Waals surface area contributed by atoms with Crippen LogP contribution in [0.25, 0.3) is 0 Å². The van der Waals surface area contributed by atoms with Crippen molar-refractivity contribution in [3.8, 4) is 5.75 Å². The average Bonchev–Trinajstić information content (AvgIpc) is 2.64. The predicted octanol–water partition coefficient (Wildman–Crippen LogP) is 1.78. The molecule has 26 heavy (non-hydrogen) atoms. The maximum atomic E-state index is 12.6. The van der Waals surface area contributed by atoms with Crippen molar-refractivity contribution in [1.29, 1.82) is 0 Å². The van der Waals surface area contributed by atoms with E-state index in [1.165, 1.54) is 28.6 Å². The molecule has 0 radical (unpaired) electrons. The quantitative estimate of drug-likeness (QED) is 0.715. The van der Waals surface area contributed by atoms with Crippen LogP contribution in [0.15, 0.2) is 58.3 Å². The van der Waals surface area contributed by atoms with E-state index in [1.807, 2.05) is 6.92 Å². The van der Waals surface area contributed by atoms with Crippen molar-refractivity contribution in [2.75, 3.05) is 26.3 Å². The lowest BCUT2D eigenvalue weighted by Crippen LogP contribution is -2.40. The molecule has 1 saturated heterocycles. The third-order valence-corrected chi connectivity index (χ3v) is 7.12. The SMILES string of the molecule is Cc1ccc(OS(=O)(=O)c2ccc(S(=O)(=O)N3CCOCC3)cc2)cc1. The summed E-state index contributed by atoms with van der Waals surface area (Å²) in [6, 6.07) is 11.6. The van der Waals surface area contributed by atoms with E-state index in [0.717, 1.165) is 5.56 Å². The Morgan fingerprint density at radius 1 is 0.846 bits per heavy atom. The molecule has 0 N–H and O–H groups in total. The lowest BCUT2D eigenvalue weighted by molar-refractivity contribution is 0.0730. The molecule has 0 unspecified atom stereocenters. The van der Waals surface area contributed by atoms with Gasteiger partial charge in [0.1, 0.15) is 10.6 Å². The van der Waals surface area contributed by atoms with Crippen LogP contribution in [-0.4, -0.2) is 47.4 Å². The molecule has 0 atom stereocenters. The van der Waals surface area contributed by atoms with Gasteiger partial charge in [-0.3, -0.25) is 0 Å². The van der Waals surface area contributed by atoms with Gasteiger partial charge >= 0.3 is 10.1 Å². The van der Waals surface area contributed by atoms with Gasteiger partial charge < -0.3 is 8.92 Å². The van der Waals surface area contributed by atoms with Crippen LogP contribution >= 0.6 is 0 Å². The molecule has 0 amide bonds. The van der Waals surface area contributed by atoms with Gasteiger partial charge in [-0.2, -0.15) is 12.7 Å². The number of sulfonamides is 1. The van der Waals surface area contributed by atoms with Crippen molar-refractivity contribution >= 4 is 20.1 Å². The maximum absolute atomic E-state index is 12.6. The maximum Gasteiger partial charge on any atom is 0.339 e. The normalized spacial score (nSPS) is 16.3. The zero-order valence-electron chi connectivity index (χ0n) is 14.2. The summed E-state index contributed by atoms with van der Waals surface area (Å²) in [5.74, 6) is 0.195. The number of benzene rings is 2. The van der Waals surface area contributed by atoms with Gasteiger partial charge in [0.25, 0.3) is 0 Å². The highest BCUT2D eigenvalue weighted by Gasteiger charge is 2.27. The molecular formula is C17H19NO6S2. The van der Waals surface area contributed by atoms with Gasteiger partial charge in [-0.1, -0.05) is 17.7 Å². The summed E-state index contributed by atoms with van der Waals surface area (Å²) in [6.45, 7) is 3.12.